The summed E-state index contributed by atoms with van der Waals surface area (Å²) in [4.78, 5) is 26.5. The monoisotopic (exact) mass is 420 g/mol. The maximum atomic E-state index is 12.7. The molecule has 0 aromatic rings. The van der Waals surface area contributed by atoms with E-state index in [1.165, 1.54) is 32.1 Å². The maximum absolute atomic E-state index is 12.7. The summed E-state index contributed by atoms with van der Waals surface area (Å²) >= 11 is 0. The Balaban J connectivity index is 1.34. The van der Waals surface area contributed by atoms with Gasteiger partial charge in [0.2, 0.25) is 5.91 Å². The lowest BCUT2D eigenvalue weighted by Crippen LogP contribution is -2.57. The number of carbonyl (C=O) groups excluding carboxylic acids is 1. The van der Waals surface area contributed by atoms with Crippen molar-refractivity contribution >= 4 is 11.9 Å². The van der Waals surface area contributed by atoms with Crippen LogP contribution in [0.4, 0.5) is 0 Å². The molecule has 1 saturated carbocycles. The Labute approximate surface area is 183 Å². The molecule has 0 bridgehead atoms. The van der Waals surface area contributed by atoms with Gasteiger partial charge in [-0.05, 0) is 52.6 Å². The van der Waals surface area contributed by atoms with E-state index in [2.05, 4.69) is 39.0 Å². The number of nitrogens with one attached hydrogen (secondary N) is 1. The minimum atomic E-state index is -0.00412. The molecule has 1 unspecified atom stereocenters. The summed E-state index contributed by atoms with van der Waals surface area (Å²) in [5.41, 5.74) is 0. The molecule has 2 aliphatic heterocycles. The lowest BCUT2D eigenvalue weighted by molar-refractivity contribution is -0.135. The van der Waals surface area contributed by atoms with Gasteiger partial charge in [-0.1, -0.05) is 19.3 Å². The third-order valence-electron chi connectivity index (χ3n) is 7.32. The summed E-state index contributed by atoms with van der Waals surface area (Å²) in [6.07, 6.45) is 10.4. The van der Waals surface area contributed by atoms with E-state index in [9.17, 15) is 4.79 Å². The average Bonchev–Trinajstić information content (AvgIpc) is 3.34. The van der Waals surface area contributed by atoms with Crippen LogP contribution in [-0.4, -0.2) is 110 Å². The molecule has 1 amide bonds. The molecule has 0 radical (unpaired) electrons. The van der Waals surface area contributed by atoms with Gasteiger partial charge in [0.25, 0.3) is 0 Å². The van der Waals surface area contributed by atoms with Crippen LogP contribution < -0.4 is 5.32 Å². The first-order chi connectivity index (χ1) is 14.6. The smallest absolute Gasteiger partial charge is 0.239 e. The average molecular weight is 421 g/mol. The summed E-state index contributed by atoms with van der Waals surface area (Å²) in [7, 11) is 4.16. The first-order valence-electron chi connectivity index (χ1n) is 12.3. The standard InChI is InChI=1S/C23H44N6O/c1-20(22(30)28-14-7-8-15-28)27-16-18-29(19-17-27)23(24-2)25-12-9-13-26(3)21-10-5-4-6-11-21/h20-21H,4-19H2,1-3H3,(H,24,25). The Kier molecular flexibility index (Phi) is 9.25. The van der Waals surface area contributed by atoms with Crippen molar-refractivity contribution in [2.24, 2.45) is 4.99 Å². The first-order valence-corrected chi connectivity index (χ1v) is 12.3. The molecular weight excluding hydrogens is 376 g/mol. The zero-order valence-electron chi connectivity index (χ0n) is 19.6. The molecule has 1 N–H and O–H groups in total. The van der Waals surface area contributed by atoms with Gasteiger partial charge in [0.05, 0.1) is 6.04 Å². The Morgan fingerprint density at radius 2 is 1.67 bits per heavy atom. The molecule has 0 spiro atoms. The highest BCUT2D eigenvalue weighted by Gasteiger charge is 2.30. The van der Waals surface area contributed by atoms with Crippen molar-refractivity contribution in [1.29, 1.82) is 0 Å². The van der Waals surface area contributed by atoms with E-state index in [4.69, 9.17) is 0 Å². The zero-order chi connectivity index (χ0) is 21.3. The number of aliphatic imine (C=N–C) groups is 1. The minimum absolute atomic E-state index is 0.00412. The van der Waals surface area contributed by atoms with E-state index in [-0.39, 0.29) is 6.04 Å². The Bertz CT molecular complexity index is 548. The van der Waals surface area contributed by atoms with E-state index in [1.54, 1.807) is 0 Å². The number of nitrogens with zero attached hydrogens (tertiary/aromatic N) is 5. The second kappa shape index (κ2) is 11.9. The van der Waals surface area contributed by atoms with Crippen LogP contribution in [0, 0.1) is 0 Å². The summed E-state index contributed by atoms with van der Waals surface area (Å²) < 4.78 is 0. The predicted molar refractivity (Wildman–Crippen MR) is 124 cm³/mol. The Hall–Kier alpha value is -1.34. The van der Waals surface area contributed by atoms with Gasteiger partial charge in [-0.2, -0.15) is 0 Å². The van der Waals surface area contributed by atoms with Gasteiger partial charge in [0.15, 0.2) is 5.96 Å². The van der Waals surface area contributed by atoms with Crippen LogP contribution in [0.1, 0.15) is 58.3 Å². The summed E-state index contributed by atoms with van der Waals surface area (Å²) in [6, 6.07) is 0.784. The number of rotatable bonds is 7. The summed E-state index contributed by atoms with van der Waals surface area (Å²) in [5.74, 6) is 1.32. The Morgan fingerprint density at radius 1 is 1.00 bits per heavy atom. The van der Waals surface area contributed by atoms with Crippen LogP contribution in [-0.2, 0) is 4.79 Å². The minimum Gasteiger partial charge on any atom is -0.356 e. The molecule has 1 aliphatic carbocycles. The molecule has 2 saturated heterocycles. The molecule has 7 heteroatoms. The van der Waals surface area contributed by atoms with Crippen molar-refractivity contribution in [3.8, 4) is 0 Å². The molecule has 1 atom stereocenters. The number of piperazine rings is 1. The molecule has 3 aliphatic rings. The molecule has 30 heavy (non-hydrogen) atoms. The van der Waals surface area contributed by atoms with Crippen molar-refractivity contribution in [3.63, 3.8) is 0 Å². The van der Waals surface area contributed by atoms with Gasteiger partial charge < -0.3 is 20.0 Å². The number of hydrogen-bond donors (Lipinski definition) is 1. The fraction of sp³-hybridized carbons (Fsp3) is 0.913. The van der Waals surface area contributed by atoms with Gasteiger partial charge in [0, 0.05) is 58.9 Å². The van der Waals surface area contributed by atoms with Crippen molar-refractivity contribution in [2.45, 2.75) is 70.4 Å². The molecule has 0 aromatic carbocycles. The SMILES string of the molecule is CN=C(NCCCN(C)C1CCCCC1)N1CCN(C(C)C(=O)N2CCCC2)CC1. The van der Waals surface area contributed by atoms with E-state index in [0.29, 0.717) is 5.91 Å². The van der Waals surface area contributed by atoms with Gasteiger partial charge in [-0.15, -0.1) is 0 Å². The van der Waals surface area contributed by atoms with Gasteiger partial charge >= 0.3 is 0 Å². The molecule has 2 heterocycles. The highest BCUT2D eigenvalue weighted by atomic mass is 16.2. The number of guanidine groups is 1. The molecule has 172 valence electrons. The fourth-order valence-corrected chi connectivity index (χ4v) is 5.24. The van der Waals surface area contributed by atoms with Crippen molar-refractivity contribution in [3.05, 3.63) is 0 Å². The van der Waals surface area contributed by atoms with Crippen LogP contribution in [0.15, 0.2) is 4.99 Å². The normalized spacial score (nSPS) is 23.3. The van der Waals surface area contributed by atoms with Crippen molar-refractivity contribution in [2.75, 3.05) is 66.5 Å². The summed E-state index contributed by atoms with van der Waals surface area (Å²) in [6.45, 7) is 9.78. The highest BCUT2D eigenvalue weighted by Crippen LogP contribution is 2.21. The predicted octanol–water partition coefficient (Wildman–Crippen LogP) is 1.84. The second-order valence-electron chi connectivity index (χ2n) is 9.33. The lowest BCUT2D eigenvalue weighted by atomic mass is 9.94. The van der Waals surface area contributed by atoms with Crippen LogP contribution in [0.5, 0.6) is 0 Å². The van der Waals surface area contributed by atoms with Crippen molar-refractivity contribution < 1.29 is 4.79 Å². The van der Waals surface area contributed by atoms with Crippen LogP contribution in [0.2, 0.25) is 0 Å². The maximum Gasteiger partial charge on any atom is 0.239 e. The van der Waals surface area contributed by atoms with E-state index >= 15 is 0 Å². The number of hydrogen-bond acceptors (Lipinski definition) is 4. The number of carbonyl (C=O) groups is 1. The highest BCUT2D eigenvalue weighted by molar-refractivity contribution is 5.82. The molecule has 3 rings (SSSR count). The lowest BCUT2D eigenvalue weighted by Gasteiger charge is -2.39. The van der Waals surface area contributed by atoms with E-state index < -0.39 is 0 Å². The topological polar surface area (TPSA) is 54.4 Å². The van der Waals surface area contributed by atoms with Gasteiger partial charge in [-0.3, -0.25) is 14.7 Å². The molecule has 3 fully saturated rings. The summed E-state index contributed by atoms with van der Waals surface area (Å²) in [5, 5.41) is 3.56. The number of likely N-dealkylation sites (tertiary alicyclic amines) is 1. The zero-order valence-corrected chi connectivity index (χ0v) is 19.6. The van der Waals surface area contributed by atoms with Crippen molar-refractivity contribution in [1.82, 2.24) is 24.9 Å². The third kappa shape index (κ3) is 6.33. The van der Waals surface area contributed by atoms with Crippen LogP contribution >= 0.6 is 0 Å². The molecule has 0 aromatic heterocycles. The quantitative estimate of drug-likeness (QED) is 0.387. The van der Waals surface area contributed by atoms with Gasteiger partial charge in [0.1, 0.15) is 0 Å². The van der Waals surface area contributed by atoms with E-state index in [1.807, 2.05) is 11.9 Å². The third-order valence-corrected chi connectivity index (χ3v) is 7.32. The molecular formula is C23H44N6O. The fourth-order valence-electron chi connectivity index (χ4n) is 5.24. The molecule has 7 nitrogen and oxygen atoms in total. The van der Waals surface area contributed by atoms with Crippen LogP contribution in [0.3, 0.4) is 0 Å². The largest absolute Gasteiger partial charge is 0.356 e. The van der Waals surface area contributed by atoms with Crippen LogP contribution in [0.25, 0.3) is 0 Å². The number of amides is 1. The first kappa shape index (κ1) is 23.3. The van der Waals surface area contributed by atoms with Gasteiger partial charge in [-0.25, -0.2) is 0 Å². The van der Waals surface area contributed by atoms with E-state index in [0.717, 1.165) is 83.6 Å². The second-order valence-corrected chi connectivity index (χ2v) is 9.33. The Morgan fingerprint density at radius 3 is 2.30 bits per heavy atom.